The van der Waals surface area contributed by atoms with Crippen LogP contribution in [0.2, 0.25) is 0 Å². The summed E-state index contributed by atoms with van der Waals surface area (Å²) in [5.41, 5.74) is 1.30. The highest BCUT2D eigenvalue weighted by Crippen LogP contribution is 2.28. The number of piperidine rings is 1. The Kier molecular flexibility index (Phi) is 6.96. The Morgan fingerprint density at radius 1 is 1.03 bits per heavy atom. The van der Waals surface area contributed by atoms with Gasteiger partial charge in [-0.15, -0.1) is 0 Å². The molecule has 0 spiro atoms. The molecule has 1 saturated heterocycles. The number of hydrogen-bond acceptors (Lipinski definition) is 4. The molecule has 0 aliphatic carbocycles. The third-order valence-electron chi connectivity index (χ3n) is 5.48. The highest BCUT2D eigenvalue weighted by molar-refractivity contribution is 7.89. The van der Waals surface area contributed by atoms with E-state index in [1.54, 1.807) is 13.0 Å². The van der Waals surface area contributed by atoms with E-state index in [1.165, 1.54) is 32.3 Å². The van der Waals surface area contributed by atoms with E-state index in [1.807, 2.05) is 0 Å². The Labute approximate surface area is 181 Å². The van der Waals surface area contributed by atoms with Crippen LogP contribution in [0.3, 0.4) is 0 Å². The number of carbonyl (C=O) groups excluding carboxylic acids is 1. The van der Waals surface area contributed by atoms with Gasteiger partial charge >= 0.3 is 0 Å². The molecule has 6 nitrogen and oxygen atoms in total. The summed E-state index contributed by atoms with van der Waals surface area (Å²) in [5, 5.41) is 2.78. The lowest BCUT2D eigenvalue weighted by atomic mass is 10.0. The first kappa shape index (κ1) is 23.1. The molecule has 1 unspecified atom stereocenters. The molecule has 9 heteroatoms. The SMILES string of the molecule is CC(NC(=O)c1cc(S(=O)(=O)N(C)C)ccc1N1CCCCC1)c1ccc(F)c(F)c1. The largest absolute Gasteiger partial charge is 0.371 e. The van der Waals surface area contributed by atoms with Crippen LogP contribution in [-0.2, 0) is 10.0 Å². The summed E-state index contributed by atoms with van der Waals surface area (Å²) < 4.78 is 53.2. The molecule has 1 aliphatic rings. The molecule has 2 aromatic carbocycles. The van der Waals surface area contributed by atoms with Crippen molar-refractivity contribution in [2.45, 2.75) is 37.1 Å². The highest BCUT2D eigenvalue weighted by Gasteiger charge is 2.25. The van der Waals surface area contributed by atoms with Crippen molar-refractivity contribution < 1.29 is 22.0 Å². The number of anilines is 1. The van der Waals surface area contributed by atoms with Crippen LogP contribution in [0.5, 0.6) is 0 Å². The van der Waals surface area contributed by atoms with Crippen LogP contribution in [-0.4, -0.2) is 45.8 Å². The van der Waals surface area contributed by atoms with E-state index >= 15 is 0 Å². The maximum atomic E-state index is 13.6. The summed E-state index contributed by atoms with van der Waals surface area (Å²) in [6.45, 7) is 3.21. The van der Waals surface area contributed by atoms with Crippen LogP contribution in [0.15, 0.2) is 41.3 Å². The summed E-state index contributed by atoms with van der Waals surface area (Å²) in [7, 11) is -0.869. The molecule has 0 saturated carbocycles. The average molecular weight is 452 g/mol. The molecule has 0 radical (unpaired) electrons. The number of benzene rings is 2. The second-order valence-electron chi connectivity index (χ2n) is 7.88. The number of amides is 1. The average Bonchev–Trinajstić information content (AvgIpc) is 2.75. The highest BCUT2D eigenvalue weighted by atomic mass is 32.2. The third kappa shape index (κ3) is 5.04. The molecule has 31 heavy (non-hydrogen) atoms. The third-order valence-corrected chi connectivity index (χ3v) is 7.29. The number of sulfonamides is 1. The molecule has 0 aromatic heterocycles. The van der Waals surface area contributed by atoms with E-state index in [2.05, 4.69) is 10.2 Å². The predicted molar refractivity (Wildman–Crippen MR) is 116 cm³/mol. The van der Waals surface area contributed by atoms with Gasteiger partial charge in [0.15, 0.2) is 11.6 Å². The van der Waals surface area contributed by atoms with E-state index in [4.69, 9.17) is 0 Å². The van der Waals surface area contributed by atoms with Crippen LogP contribution in [0, 0.1) is 11.6 Å². The summed E-state index contributed by atoms with van der Waals surface area (Å²) in [6.07, 6.45) is 3.09. The summed E-state index contributed by atoms with van der Waals surface area (Å²) in [4.78, 5) is 15.3. The van der Waals surface area contributed by atoms with E-state index in [0.717, 1.165) is 48.8 Å². The van der Waals surface area contributed by atoms with Gasteiger partial charge in [0, 0.05) is 32.9 Å². The van der Waals surface area contributed by atoms with Gasteiger partial charge in [0.25, 0.3) is 5.91 Å². The number of carbonyl (C=O) groups is 1. The molecule has 1 amide bonds. The van der Waals surface area contributed by atoms with Crippen molar-refractivity contribution in [2.75, 3.05) is 32.1 Å². The van der Waals surface area contributed by atoms with Gasteiger partial charge in [0.1, 0.15) is 0 Å². The van der Waals surface area contributed by atoms with Crippen molar-refractivity contribution in [3.63, 3.8) is 0 Å². The summed E-state index contributed by atoms with van der Waals surface area (Å²) in [5.74, 6) is -2.43. The van der Waals surface area contributed by atoms with E-state index < -0.39 is 33.6 Å². The summed E-state index contributed by atoms with van der Waals surface area (Å²) >= 11 is 0. The number of nitrogens with zero attached hydrogens (tertiary/aromatic N) is 2. The topological polar surface area (TPSA) is 69.7 Å². The van der Waals surface area contributed by atoms with Gasteiger partial charge in [-0.1, -0.05) is 6.07 Å². The minimum atomic E-state index is -3.73. The second-order valence-corrected chi connectivity index (χ2v) is 10.0. The van der Waals surface area contributed by atoms with Gasteiger partial charge in [-0.05, 0) is 62.1 Å². The van der Waals surface area contributed by atoms with E-state index in [0.29, 0.717) is 11.3 Å². The first-order valence-corrected chi connectivity index (χ1v) is 11.6. The fraction of sp³-hybridized carbons (Fsp3) is 0.409. The van der Waals surface area contributed by atoms with Gasteiger partial charge in [0.2, 0.25) is 10.0 Å². The molecule has 1 fully saturated rings. The molecule has 1 heterocycles. The number of halogens is 2. The number of hydrogen-bond donors (Lipinski definition) is 1. The molecule has 0 bridgehead atoms. The minimum Gasteiger partial charge on any atom is -0.371 e. The van der Waals surface area contributed by atoms with Crippen molar-refractivity contribution in [1.82, 2.24) is 9.62 Å². The normalized spacial score (nSPS) is 15.7. The van der Waals surface area contributed by atoms with Gasteiger partial charge in [-0.25, -0.2) is 21.5 Å². The lowest BCUT2D eigenvalue weighted by Crippen LogP contribution is -2.34. The number of nitrogens with one attached hydrogen (secondary N) is 1. The molecule has 2 aromatic rings. The van der Waals surface area contributed by atoms with Crippen molar-refractivity contribution >= 4 is 21.6 Å². The Hall–Kier alpha value is -2.52. The predicted octanol–water partition coefficient (Wildman–Crippen LogP) is 3.70. The lowest BCUT2D eigenvalue weighted by molar-refractivity contribution is 0.0940. The van der Waals surface area contributed by atoms with Crippen LogP contribution in [0.4, 0.5) is 14.5 Å². The molecule has 1 aliphatic heterocycles. The Bertz CT molecular complexity index is 1070. The van der Waals surface area contributed by atoms with Crippen LogP contribution < -0.4 is 10.2 Å². The maximum absolute atomic E-state index is 13.6. The zero-order valence-electron chi connectivity index (χ0n) is 17.9. The molecular weight excluding hydrogens is 424 g/mol. The Morgan fingerprint density at radius 2 is 1.71 bits per heavy atom. The van der Waals surface area contributed by atoms with Crippen LogP contribution in [0.25, 0.3) is 0 Å². The quantitative estimate of drug-likeness (QED) is 0.727. The van der Waals surface area contributed by atoms with Crippen molar-refractivity contribution in [3.05, 3.63) is 59.2 Å². The molecule has 168 valence electrons. The Morgan fingerprint density at radius 3 is 2.32 bits per heavy atom. The fourth-order valence-electron chi connectivity index (χ4n) is 3.62. The van der Waals surface area contributed by atoms with Crippen molar-refractivity contribution in [1.29, 1.82) is 0 Å². The Balaban J connectivity index is 1.96. The first-order valence-electron chi connectivity index (χ1n) is 10.2. The maximum Gasteiger partial charge on any atom is 0.253 e. The fourth-order valence-corrected chi connectivity index (χ4v) is 4.55. The molecular formula is C22H27F2N3O3S. The van der Waals surface area contributed by atoms with Gasteiger partial charge in [-0.3, -0.25) is 4.79 Å². The lowest BCUT2D eigenvalue weighted by Gasteiger charge is -2.31. The zero-order chi connectivity index (χ0) is 22.8. The standard InChI is InChI=1S/C22H27F2N3O3S/c1-15(16-7-9-19(23)20(24)13-16)25-22(28)18-14-17(31(29,30)26(2)3)8-10-21(18)27-11-5-4-6-12-27/h7-10,13-15H,4-6,11-12H2,1-3H3,(H,25,28). The van der Waals surface area contributed by atoms with Gasteiger partial charge in [0.05, 0.1) is 16.5 Å². The zero-order valence-corrected chi connectivity index (χ0v) is 18.7. The second kappa shape index (κ2) is 9.32. The van der Waals surface area contributed by atoms with Gasteiger partial charge < -0.3 is 10.2 Å². The van der Waals surface area contributed by atoms with Crippen LogP contribution in [0.1, 0.15) is 48.1 Å². The van der Waals surface area contributed by atoms with E-state index in [-0.39, 0.29) is 10.5 Å². The monoisotopic (exact) mass is 451 g/mol. The van der Waals surface area contributed by atoms with E-state index in [9.17, 15) is 22.0 Å². The first-order chi connectivity index (χ1) is 14.6. The molecule has 1 N–H and O–H groups in total. The smallest absolute Gasteiger partial charge is 0.253 e. The van der Waals surface area contributed by atoms with Crippen LogP contribution >= 0.6 is 0 Å². The minimum absolute atomic E-state index is 0.0175. The number of rotatable bonds is 6. The van der Waals surface area contributed by atoms with Gasteiger partial charge in [-0.2, -0.15) is 0 Å². The van der Waals surface area contributed by atoms with Crippen molar-refractivity contribution in [3.8, 4) is 0 Å². The molecule has 1 atom stereocenters. The van der Waals surface area contributed by atoms with Crippen molar-refractivity contribution in [2.24, 2.45) is 0 Å². The molecule has 3 rings (SSSR count). The summed E-state index contributed by atoms with van der Waals surface area (Å²) in [6, 6.07) is 7.41.